The second-order valence-corrected chi connectivity index (χ2v) is 7.32. The lowest BCUT2D eigenvalue weighted by molar-refractivity contribution is -0.135. The Morgan fingerprint density at radius 3 is 2.77 bits per heavy atom. The highest BCUT2D eigenvalue weighted by molar-refractivity contribution is 5.86. The second-order valence-electron chi connectivity index (χ2n) is 7.32. The summed E-state index contributed by atoms with van der Waals surface area (Å²) < 4.78 is 20.2. The van der Waals surface area contributed by atoms with Gasteiger partial charge >= 0.3 is 0 Å². The zero-order valence-electron chi connectivity index (χ0n) is 17.0. The number of fused-ring (bicyclic) bond motifs is 1. The molecule has 8 nitrogen and oxygen atoms in total. The number of amides is 2. The summed E-state index contributed by atoms with van der Waals surface area (Å²) in [7, 11) is 1.78. The Morgan fingerprint density at radius 2 is 2.03 bits per heavy atom. The van der Waals surface area contributed by atoms with E-state index < -0.39 is 5.92 Å². The highest BCUT2D eigenvalue weighted by atomic mass is 19.1. The third kappa shape index (κ3) is 4.88. The minimum atomic E-state index is -0.594. The van der Waals surface area contributed by atoms with Crippen molar-refractivity contribution in [3.63, 3.8) is 0 Å². The van der Waals surface area contributed by atoms with Gasteiger partial charge in [0.1, 0.15) is 11.6 Å². The molecule has 0 bridgehead atoms. The molecule has 0 aliphatic carbocycles. The number of nitrogens with one attached hydrogen (secondary N) is 1. The Kier molecular flexibility index (Phi) is 5.92. The van der Waals surface area contributed by atoms with Crippen LogP contribution in [0.15, 0.2) is 54.9 Å². The van der Waals surface area contributed by atoms with Gasteiger partial charge in [-0.15, -0.1) is 0 Å². The van der Waals surface area contributed by atoms with Crippen molar-refractivity contribution in [3.8, 4) is 5.75 Å². The highest BCUT2D eigenvalue weighted by Crippen LogP contribution is 2.27. The quantitative estimate of drug-likeness (QED) is 0.653. The summed E-state index contributed by atoms with van der Waals surface area (Å²) in [6.45, 7) is 0.631. The molecule has 2 aromatic heterocycles. The first-order chi connectivity index (χ1) is 15.0. The third-order valence-electron chi connectivity index (χ3n) is 5.05. The number of carbonyl (C=O) groups excluding carboxylic acids is 2. The number of carbonyl (C=O) groups is 2. The summed E-state index contributed by atoms with van der Waals surface area (Å²) in [5, 5.41) is 7.33. The van der Waals surface area contributed by atoms with Crippen LogP contribution in [-0.2, 0) is 29.7 Å². The van der Waals surface area contributed by atoms with Crippen LogP contribution in [0.5, 0.6) is 5.75 Å². The number of aryl methyl sites for hydroxylation is 1. The van der Waals surface area contributed by atoms with Gasteiger partial charge in [-0.2, -0.15) is 5.10 Å². The molecule has 0 radical (unpaired) electrons. The Hall–Kier alpha value is -3.75. The number of hydrogen-bond acceptors (Lipinski definition) is 5. The van der Waals surface area contributed by atoms with E-state index in [9.17, 15) is 14.0 Å². The maximum absolute atomic E-state index is 13.0. The van der Waals surface area contributed by atoms with E-state index in [2.05, 4.69) is 15.4 Å². The van der Waals surface area contributed by atoms with E-state index in [1.54, 1.807) is 22.8 Å². The van der Waals surface area contributed by atoms with Gasteiger partial charge in [-0.05, 0) is 36.4 Å². The smallest absolute Gasteiger partial charge is 0.260 e. The molecular weight excluding hydrogens is 401 g/mol. The van der Waals surface area contributed by atoms with Crippen molar-refractivity contribution in [2.45, 2.75) is 19.0 Å². The molecule has 3 aromatic rings. The molecular formula is C22H22FN5O3. The van der Waals surface area contributed by atoms with Gasteiger partial charge in [-0.1, -0.05) is 6.07 Å². The van der Waals surface area contributed by atoms with Crippen LogP contribution in [0.1, 0.15) is 22.9 Å². The Balaban J connectivity index is 1.43. The van der Waals surface area contributed by atoms with E-state index >= 15 is 0 Å². The number of nitrogens with zero attached hydrogens (tertiary/aromatic N) is 4. The number of rotatable bonds is 6. The van der Waals surface area contributed by atoms with E-state index in [1.165, 1.54) is 24.3 Å². The molecule has 0 spiro atoms. The predicted octanol–water partition coefficient (Wildman–Crippen LogP) is 1.78. The van der Waals surface area contributed by atoms with Gasteiger partial charge in [-0.25, -0.2) is 4.39 Å². The van der Waals surface area contributed by atoms with Crippen LogP contribution in [0.25, 0.3) is 0 Å². The number of aromatic nitrogens is 3. The first-order valence-electron chi connectivity index (χ1n) is 9.86. The summed E-state index contributed by atoms with van der Waals surface area (Å²) in [6, 6.07) is 11.0. The molecule has 0 unspecified atom stereocenters. The van der Waals surface area contributed by atoms with Crippen LogP contribution in [0.2, 0.25) is 0 Å². The number of benzene rings is 1. The topological polar surface area (TPSA) is 89.4 Å². The molecule has 9 heteroatoms. The summed E-state index contributed by atoms with van der Waals surface area (Å²) in [6.07, 6.45) is 3.48. The van der Waals surface area contributed by atoms with Crippen LogP contribution in [0.3, 0.4) is 0 Å². The molecule has 1 aliphatic heterocycles. The maximum Gasteiger partial charge on any atom is 0.260 e. The van der Waals surface area contributed by atoms with Crippen molar-refractivity contribution in [3.05, 3.63) is 77.6 Å². The first kappa shape index (κ1) is 20.5. The van der Waals surface area contributed by atoms with Gasteiger partial charge < -0.3 is 15.0 Å². The van der Waals surface area contributed by atoms with Crippen molar-refractivity contribution in [2.24, 2.45) is 7.05 Å². The van der Waals surface area contributed by atoms with Gasteiger partial charge in [0.15, 0.2) is 6.61 Å². The lowest BCUT2D eigenvalue weighted by Gasteiger charge is -2.31. The van der Waals surface area contributed by atoms with Crippen LogP contribution < -0.4 is 10.1 Å². The third-order valence-corrected chi connectivity index (χ3v) is 5.05. The summed E-state index contributed by atoms with van der Waals surface area (Å²) >= 11 is 0. The van der Waals surface area contributed by atoms with Crippen LogP contribution >= 0.6 is 0 Å². The summed E-state index contributed by atoms with van der Waals surface area (Å²) in [5.41, 5.74) is 2.24. The molecule has 0 fully saturated rings. The van der Waals surface area contributed by atoms with Gasteiger partial charge in [-0.3, -0.25) is 19.3 Å². The fourth-order valence-electron chi connectivity index (χ4n) is 3.51. The van der Waals surface area contributed by atoms with Crippen LogP contribution in [-0.4, -0.2) is 44.6 Å². The molecule has 4 rings (SSSR count). The number of hydrogen-bond donors (Lipinski definition) is 1. The average molecular weight is 423 g/mol. The largest absolute Gasteiger partial charge is 0.484 e. The van der Waals surface area contributed by atoms with Gasteiger partial charge in [0.05, 0.1) is 23.9 Å². The second kappa shape index (κ2) is 8.95. The normalized spacial score (nSPS) is 15.3. The van der Waals surface area contributed by atoms with Crippen molar-refractivity contribution in [2.75, 3.05) is 13.2 Å². The predicted molar refractivity (Wildman–Crippen MR) is 109 cm³/mol. The van der Waals surface area contributed by atoms with E-state index in [4.69, 9.17) is 4.74 Å². The van der Waals surface area contributed by atoms with Gasteiger partial charge in [0.2, 0.25) is 5.91 Å². The Labute approximate surface area is 178 Å². The summed E-state index contributed by atoms with van der Waals surface area (Å²) in [4.78, 5) is 31.5. The lowest BCUT2D eigenvalue weighted by atomic mass is 9.95. The molecule has 0 saturated carbocycles. The van der Waals surface area contributed by atoms with E-state index in [1.807, 2.05) is 24.4 Å². The summed E-state index contributed by atoms with van der Waals surface area (Å²) in [5.74, 6) is -1.05. The molecule has 160 valence electrons. The van der Waals surface area contributed by atoms with Crippen LogP contribution in [0.4, 0.5) is 4.39 Å². The molecule has 1 aliphatic rings. The number of pyridine rings is 1. The zero-order chi connectivity index (χ0) is 21.8. The molecule has 3 heterocycles. The zero-order valence-corrected chi connectivity index (χ0v) is 17.0. The van der Waals surface area contributed by atoms with Crippen LogP contribution in [0, 0.1) is 5.82 Å². The van der Waals surface area contributed by atoms with Gasteiger partial charge in [0, 0.05) is 38.1 Å². The lowest BCUT2D eigenvalue weighted by Crippen LogP contribution is -2.45. The fourth-order valence-corrected chi connectivity index (χ4v) is 3.51. The Morgan fingerprint density at radius 1 is 1.23 bits per heavy atom. The standard InChI is InChI=1S/C22H22FN5O3/c1-27-11-15-12-28(20(29)14-31-18-7-5-16(23)6-8-18)13-19(21(15)26-27)22(30)25-10-17-4-2-3-9-24-17/h2-9,11,19H,10,12-14H2,1H3,(H,25,30)/t19-/m0/s1. The average Bonchev–Trinajstić information content (AvgIpc) is 3.17. The first-order valence-corrected chi connectivity index (χ1v) is 9.86. The molecule has 1 atom stereocenters. The van der Waals surface area contributed by atoms with Crippen molar-refractivity contribution < 1.29 is 18.7 Å². The van der Waals surface area contributed by atoms with E-state index in [0.717, 1.165) is 11.3 Å². The number of ether oxygens (including phenoxy) is 1. The minimum Gasteiger partial charge on any atom is -0.484 e. The van der Waals surface area contributed by atoms with E-state index in [0.29, 0.717) is 24.5 Å². The molecule has 2 amide bonds. The Bertz CT molecular complexity index is 1070. The van der Waals surface area contributed by atoms with E-state index in [-0.39, 0.29) is 30.8 Å². The molecule has 0 saturated heterocycles. The highest BCUT2D eigenvalue weighted by Gasteiger charge is 2.35. The maximum atomic E-state index is 13.0. The monoisotopic (exact) mass is 423 g/mol. The fraction of sp³-hybridized carbons (Fsp3) is 0.273. The molecule has 1 aromatic carbocycles. The van der Waals surface area contributed by atoms with Crippen molar-refractivity contribution >= 4 is 11.8 Å². The SMILES string of the molecule is Cn1cc2c(n1)[C@@H](C(=O)NCc1ccccn1)CN(C(=O)COc1ccc(F)cc1)C2. The number of halogens is 1. The van der Waals surface area contributed by atoms with Gasteiger partial charge in [0.25, 0.3) is 5.91 Å². The van der Waals surface area contributed by atoms with Crippen molar-refractivity contribution in [1.82, 2.24) is 25.0 Å². The molecule has 31 heavy (non-hydrogen) atoms. The van der Waals surface area contributed by atoms with Crippen molar-refractivity contribution in [1.29, 1.82) is 0 Å². The minimum absolute atomic E-state index is 0.198. The molecule has 1 N–H and O–H groups in total.